The summed E-state index contributed by atoms with van der Waals surface area (Å²) in [5, 5.41) is 2.91. The van der Waals surface area contributed by atoms with E-state index in [9.17, 15) is 18.0 Å². The Kier molecular flexibility index (Phi) is 5.35. The molecule has 6 heteroatoms. The zero-order chi connectivity index (χ0) is 14.5. The maximum absolute atomic E-state index is 12.4. The van der Waals surface area contributed by atoms with Gasteiger partial charge in [-0.25, -0.2) is 0 Å². The first kappa shape index (κ1) is 15.5. The van der Waals surface area contributed by atoms with Gasteiger partial charge in [-0.2, -0.15) is 13.2 Å². The number of hydrogen-bond donors (Lipinski definition) is 1. The smallest absolute Gasteiger partial charge is 0.416 e. The first-order valence-corrected chi connectivity index (χ1v) is 5.83. The molecule has 0 aromatic heterocycles. The minimum absolute atomic E-state index is 0.457. The third kappa shape index (κ3) is 4.90. The van der Waals surface area contributed by atoms with Gasteiger partial charge in [0.25, 0.3) is 0 Å². The molecule has 3 nitrogen and oxygen atoms in total. The first-order chi connectivity index (χ1) is 8.84. The van der Waals surface area contributed by atoms with Crippen LogP contribution in [0.2, 0.25) is 0 Å². The van der Waals surface area contributed by atoms with Crippen molar-refractivity contribution in [3.63, 3.8) is 0 Å². The fourth-order valence-electron chi connectivity index (χ4n) is 1.66. The van der Waals surface area contributed by atoms with Crippen LogP contribution >= 0.6 is 0 Å². The third-order valence-corrected chi connectivity index (χ3v) is 2.57. The van der Waals surface area contributed by atoms with E-state index >= 15 is 0 Å². The minimum atomic E-state index is -4.36. The number of halogens is 3. The van der Waals surface area contributed by atoms with Crippen molar-refractivity contribution >= 4 is 5.97 Å². The molecule has 1 aromatic rings. The summed E-state index contributed by atoms with van der Waals surface area (Å²) in [4.78, 5) is 11.0. The molecule has 0 radical (unpaired) electrons. The summed E-state index contributed by atoms with van der Waals surface area (Å²) in [6.45, 7) is 1.87. The van der Waals surface area contributed by atoms with E-state index in [1.165, 1.54) is 19.1 Å². The SMILES string of the molecule is CNCC[C@H](OC(C)=O)c1ccc(C(F)(F)F)cc1. The Bertz CT molecular complexity index is 415. The van der Waals surface area contributed by atoms with Crippen LogP contribution in [-0.4, -0.2) is 19.6 Å². The maximum atomic E-state index is 12.4. The van der Waals surface area contributed by atoms with Crippen LogP contribution in [0.1, 0.15) is 30.6 Å². The van der Waals surface area contributed by atoms with Gasteiger partial charge in [-0.05, 0) is 31.3 Å². The van der Waals surface area contributed by atoms with Gasteiger partial charge in [0, 0.05) is 13.3 Å². The first-order valence-electron chi connectivity index (χ1n) is 5.83. The minimum Gasteiger partial charge on any atom is -0.458 e. The molecule has 1 aromatic carbocycles. The molecule has 0 fully saturated rings. The predicted octanol–water partition coefficient (Wildman–Crippen LogP) is 2.92. The van der Waals surface area contributed by atoms with Gasteiger partial charge in [0.15, 0.2) is 0 Å². The highest BCUT2D eigenvalue weighted by molar-refractivity contribution is 5.66. The number of esters is 1. The Balaban J connectivity index is 2.87. The Hall–Kier alpha value is -1.56. The highest BCUT2D eigenvalue weighted by Gasteiger charge is 2.30. The molecule has 0 aliphatic carbocycles. The van der Waals surface area contributed by atoms with Crippen molar-refractivity contribution < 1.29 is 22.7 Å². The predicted molar refractivity (Wildman–Crippen MR) is 64.5 cm³/mol. The van der Waals surface area contributed by atoms with Crippen LogP contribution in [-0.2, 0) is 15.7 Å². The lowest BCUT2D eigenvalue weighted by atomic mass is 10.0. The molecule has 0 saturated heterocycles. The van der Waals surface area contributed by atoms with Crippen LogP contribution in [0.5, 0.6) is 0 Å². The molecule has 1 rings (SSSR count). The largest absolute Gasteiger partial charge is 0.458 e. The number of hydrogen-bond acceptors (Lipinski definition) is 3. The number of nitrogens with one attached hydrogen (secondary N) is 1. The Morgan fingerprint density at radius 3 is 2.32 bits per heavy atom. The second kappa shape index (κ2) is 6.56. The molecule has 0 aliphatic heterocycles. The molecular weight excluding hydrogens is 259 g/mol. The molecular formula is C13H16F3NO2. The number of benzene rings is 1. The lowest BCUT2D eigenvalue weighted by Crippen LogP contribution is -2.16. The molecule has 19 heavy (non-hydrogen) atoms. The van der Waals surface area contributed by atoms with Crippen LogP contribution in [0, 0.1) is 0 Å². The molecule has 0 amide bonds. The summed E-state index contributed by atoms with van der Waals surface area (Å²) in [7, 11) is 1.75. The lowest BCUT2D eigenvalue weighted by molar-refractivity contribution is -0.147. The third-order valence-electron chi connectivity index (χ3n) is 2.57. The summed E-state index contributed by atoms with van der Waals surface area (Å²) in [6, 6.07) is 4.66. The van der Waals surface area contributed by atoms with Crippen LogP contribution in [0.25, 0.3) is 0 Å². The van der Waals surface area contributed by atoms with Crippen LogP contribution < -0.4 is 5.32 Å². The monoisotopic (exact) mass is 275 g/mol. The Morgan fingerprint density at radius 2 is 1.89 bits per heavy atom. The van der Waals surface area contributed by atoms with E-state index in [1.54, 1.807) is 7.05 Å². The number of ether oxygens (including phenoxy) is 1. The summed E-state index contributed by atoms with van der Waals surface area (Å²) in [6.07, 6.45) is -4.39. The zero-order valence-electron chi connectivity index (χ0n) is 10.8. The van der Waals surface area contributed by atoms with Crippen molar-refractivity contribution in [3.8, 4) is 0 Å². The molecule has 0 unspecified atom stereocenters. The van der Waals surface area contributed by atoms with Crippen molar-refractivity contribution in [1.29, 1.82) is 0 Å². The van der Waals surface area contributed by atoms with Gasteiger partial charge >= 0.3 is 12.1 Å². The summed E-state index contributed by atoms with van der Waals surface area (Å²) in [5.41, 5.74) is -0.162. The molecule has 0 spiro atoms. The van der Waals surface area contributed by atoms with Gasteiger partial charge < -0.3 is 10.1 Å². The standard InChI is InChI=1S/C13H16F3NO2/c1-9(18)19-12(7-8-17-2)10-3-5-11(6-4-10)13(14,15)16/h3-6,12,17H,7-8H2,1-2H3/t12-/m0/s1. The van der Waals surface area contributed by atoms with Crippen LogP contribution in [0.4, 0.5) is 13.2 Å². The van der Waals surface area contributed by atoms with E-state index in [1.807, 2.05) is 0 Å². The summed E-state index contributed by atoms with van der Waals surface area (Å²) in [5.74, 6) is -0.457. The van der Waals surface area contributed by atoms with E-state index in [2.05, 4.69) is 5.32 Å². The fraction of sp³-hybridized carbons (Fsp3) is 0.462. The highest BCUT2D eigenvalue weighted by Crippen LogP contribution is 2.31. The van der Waals surface area contributed by atoms with Gasteiger partial charge in [-0.3, -0.25) is 4.79 Å². The second-order valence-corrected chi connectivity index (χ2v) is 4.11. The molecule has 1 atom stereocenters. The highest BCUT2D eigenvalue weighted by atomic mass is 19.4. The van der Waals surface area contributed by atoms with E-state index in [-0.39, 0.29) is 0 Å². The van der Waals surface area contributed by atoms with Crippen LogP contribution in [0.3, 0.4) is 0 Å². The van der Waals surface area contributed by atoms with Crippen molar-refractivity contribution in [1.82, 2.24) is 5.32 Å². The number of alkyl halides is 3. The van der Waals surface area contributed by atoms with Crippen LogP contribution in [0.15, 0.2) is 24.3 Å². The van der Waals surface area contributed by atoms with E-state index in [4.69, 9.17) is 4.74 Å². The molecule has 1 N–H and O–H groups in total. The molecule has 0 aliphatic rings. The lowest BCUT2D eigenvalue weighted by Gasteiger charge is -2.18. The molecule has 0 saturated carbocycles. The van der Waals surface area contributed by atoms with Gasteiger partial charge in [-0.15, -0.1) is 0 Å². The number of rotatable bonds is 5. The van der Waals surface area contributed by atoms with Crippen molar-refractivity contribution in [3.05, 3.63) is 35.4 Å². The number of carbonyl (C=O) groups excluding carboxylic acids is 1. The van der Waals surface area contributed by atoms with E-state index in [0.29, 0.717) is 18.5 Å². The second-order valence-electron chi connectivity index (χ2n) is 4.11. The van der Waals surface area contributed by atoms with Crippen molar-refractivity contribution in [2.75, 3.05) is 13.6 Å². The average molecular weight is 275 g/mol. The van der Waals surface area contributed by atoms with Gasteiger partial charge in [0.2, 0.25) is 0 Å². The molecule has 0 bridgehead atoms. The van der Waals surface area contributed by atoms with Gasteiger partial charge in [-0.1, -0.05) is 12.1 Å². The quantitative estimate of drug-likeness (QED) is 0.840. The van der Waals surface area contributed by atoms with E-state index in [0.717, 1.165) is 12.1 Å². The molecule has 106 valence electrons. The van der Waals surface area contributed by atoms with Gasteiger partial charge in [0.05, 0.1) is 5.56 Å². The zero-order valence-corrected chi connectivity index (χ0v) is 10.8. The normalized spacial score (nSPS) is 13.1. The van der Waals surface area contributed by atoms with Crippen molar-refractivity contribution in [2.45, 2.75) is 25.6 Å². The average Bonchev–Trinajstić information content (AvgIpc) is 2.33. The summed E-state index contributed by atoms with van der Waals surface area (Å²) < 4.78 is 42.4. The summed E-state index contributed by atoms with van der Waals surface area (Å²) >= 11 is 0. The Morgan fingerprint density at radius 1 is 1.32 bits per heavy atom. The number of carbonyl (C=O) groups is 1. The van der Waals surface area contributed by atoms with Crippen molar-refractivity contribution in [2.24, 2.45) is 0 Å². The van der Waals surface area contributed by atoms with E-state index < -0.39 is 23.8 Å². The topological polar surface area (TPSA) is 38.3 Å². The van der Waals surface area contributed by atoms with Gasteiger partial charge in [0.1, 0.15) is 6.10 Å². The fourth-order valence-corrected chi connectivity index (χ4v) is 1.66. The maximum Gasteiger partial charge on any atom is 0.416 e. The Labute approximate surface area is 109 Å². The molecule has 0 heterocycles.